The zero-order valence-electron chi connectivity index (χ0n) is 22.1. The van der Waals surface area contributed by atoms with Crippen LogP contribution in [-0.2, 0) is 11.2 Å². The van der Waals surface area contributed by atoms with Crippen molar-refractivity contribution in [2.75, 3.05) is 39.2 Å². The van der Waals surface area contributed by atoms with Gasteiger partial charge in [0.1, 0.15) is 5.82 Å². The largest absolute Gasteiger partial charge is 0.493 e. The average Bonchev–Trinajstić information content (AvgIpc) is 3.18. The molecule has 0 aliphatic carbocycles. The van der Waals surface area contributed by atoms with Crippen LogP contribution in [0.15, 0.2) is 42.5 Å². The van der Waals surface area contributed by atoms with Gasteiger partial charge in [0.2, 0.25) is 5.91 Å². The summed E-state index contributed by atoms with van der Waals surface area (Å²) in [6, 6.07) is 12.2. The van der Waals surface area contributed by atoms with Gasteiger partial charge in [-0.15, -0.1) is 0 Å². The molecule has 2 saturated heterocycles. The summed E-state index contributed by atoms with van der Waals surface area (Å²) < 4.78 is 24.9. The van der Waals surface area contributed by atoms with E-state index in [4.69, 9.17) is 21.7 Å². The number of nitrogens with zero attached hydrogens (tertiary/aromatic N) is 2. The Kier molecular flexibility index (Phi) is 8.54. The summed E-state index contributed by atoms with van der Waals surface area (Å²) in [4.78, 5) is 17.7. The van der Waals surface area contributed by atoms with Crippen LogP contribution in [0.5, 0.6) is 11.5 Å². The Morgan fingerprint density at radius 3 is 2.54 bits per heavy atom. The molecule has 37 heavy (non-hydrogen) atoms. The first-order valence-corrected chi connectivity index (χ1v) is 13.3. The molecule has 0 aromatic heterocycles. The number of anilines is 1. The van der Waals surface area contributed by atoms with Gasteiger partial charge >= 0.3 is 0 Å². The monoisotopic (exact) mass is 528 g/mol. The molecule has 0 saturated carbocycles. The number of carbonyl (C=O) groups is 1. The van der Waals surface area contributed by atoms with Crippen molar-refractivity contribution in [2.24, 2.45) is 5.92 Å². The summed E-state index contributed by atoms with van der Waals surface area (Å²) >= 11 is 5.60. The molecule has 200 valence electrons. The maximum absolute atomic E-state index is 14.1. The third-order valence-electron chi connectivity index (χ3n) is 7.75. The number of likely N-dealkylation sites (tertiary alicyclic amines) is 1. The fraction of sp³-hybridized carbons (Fsp3) is 0.500. The number of thiocarbonyl (C=S) groups is 1. The van der Waals surface area contributed by atoms with E-state index in [0.717, 1.165) is 24.8 Å². The number of hydrogen-bond acceptors (Lipinski definition) is 5. The molecule has 2 N–H and O–H groups in total. The van der Waals surface area contributed by atoms with Crippen molar-refractivity contribution < 1.29 is 18.7 Å². The van der Waals surface area contributed by atoms with E-state index in [1.165, 1.54) is 6.07 Å². The number of rotatable bonds is 8. The molecule has 0 radical (unpaired) electrons. The predicted octanol–water partition coefficient (Wildman–Crippen LogP) is 4.42. The van der Waals surface area contributed by atoms with Gasteiger partial charge in [-0.1, -0.05) is 38.5 Å². The van der Waals surface area contributed by atoms with Crippen molar-refractivity contribution in [3.8, 4) is 11.5 Å². The molecule has 2 aromatic rings. The van der Waals surface area contributed by atoms with Gasteiger partial charge in [0.05, 0.1) is 31.6 Å². The topological polar surface area (TPSA) is 66.1 Å². The Hall–Kier alpha value is -2.91. The van der Waals surface area contributed by atoms with E-state index in [-0.39, 0.29) is 23.7 Å². The first-order valence-electron chi connectivity index (χ1n) is 12.9. The summed E-state index contributed by atoms with van der Waals surface area (Å²) in [6.45, 7) is 6.19. The van der Waals surface area contributed by atoms with Crippen molar-refractivity contribution in [2.45, 2.75) is 51.2 Å². The normalized spacial score (nSPS) is 19.7. The van der Waals surface area contributed by atoms with Crippen LogP contribution >= 0.6 is 12.2 Å². The number of ether oxygens (including phenoxy) is 2. The first kappa shape index (κ1) is 27.1. The molecule has 9 heteroatoms. The second kappa shape index (κ2) is 11.6. The van der Waals surface area contributed by atoms with Crippen LogP contribution in [0.1, 0.15) is 38.7 Å². The second-order valence-corrected chi connectivity index (χ2v) is 10.3. The molecular weight excluding hydrogens is 491 g/mol. The summed E-state index contributed by atoms with van der Waals surface area (Å²) in [5.41, 5.74) is 1.03. The van der Waals surface area contributed by atoms with Crippen LogP contribution in [0.3, 0.4) is 0 Å². The maximum Gasteiger partial charge on any atom is 0.241 e. The van der Waals surface area contributed by atoms with Crippen molar-refractivity contribution in [1.82, 2.24) is 15.1 Å². The lowest BCUT2D eigenvalue weighted by Gasteiger charge is -2.45. The summed E-state index contributed by atoms with van der Waals surface area (Å²) in [7, 11) is 3.25. The Morgan fingerprint density at radius 2 is 1.89 bits per heavy atom. The Morgan fingerprint density at radius 1 is 1.19 bits per heavy atom. The minimum absolute atomic E-state index is 0.162. The van der Waals surface area contributed by atoms with Gasteiger partial charge in [-0.05, 0) is 54.4 Å². The second-order valence-electron chi connectivity index (χ2n) is 9.87. The standard InChI is InChI=1S/C28H37FN4O3S/c1-5-19(2)25-26(34)33(15-12-20-10-11-23(35-3)24(18-20)36-4)28(31-25)13-16-32(17-14-28)27(37)30-22-9-7-6-8-21(22)29/h6-11,18-19,25,31H,5,12-17H2,1-4H3,(H,30,37)/t19-,25+/m1/s1. The number of hydrogen-bond donors (Lipinski definition) is 2. The average molecular weight is 529 g/mol. The van der Waals surface area contributed by atoms with Crippen LogP contribution < -0.4 is 20.1 Å². The minimum atomic E-state index is -0.425. The lowest BCUT2D eigenvalue weighted by molar-refractivity contribution is -0.133. The van der Waals surface area contributed by atoms with E-state index >= 15 is 0 Å². The zero-order chi connectivity index (χ0) is 26.6. The van der Waals surface area contributed by atoms with Gasteiger partial charge in [0.15, 0.2) is 16.6 Å². The number of amides is 1. The molecule has 2 heterocycles. The van der Waals surface area contributed by atoms with Crippen molar-refractivity contribution in [3.05, 3.63) is 53.8 Å². The number of benzene rings is 2. The molecule has 2 aliphatic heterocycles. The van der Waals surface area contributed by atoms with Crippen LogP contribution in [0.2, 0.25) is 0 Å². The van der Waals surface area contributed by atoms with Crippen molar-refractivity contribution >= 4 is 28.9 Å². The van der Waals surface area contributed by atoms with Gasteiger partial charge in [0.25, 0.3) is 0 Å². The van der Waals surface area contributed by atoms with Crippen molar-refractivity contribution in [3.63, 3.8) is 0 Å². The molecule has 2 aromatic carbocycles. The molecule has 7 nitrogen and oxygen atoms in total. The van der Waals surface area contributed by atoms with Gasteiger partial charge in [-0.25, -0.2) is 4.39 Å². The number of halogens is 1. The molecule has 2 atom stereocenters. The van der Waals surface area contributed by atoms with Crippen LogP contribution in [-0.4, -0.2) is 66.4 Å². The Bertz CT molecular complexity index is 1120. The highest BCUT2D eigenvalue weighted by molar-refractivity contribution is 7.80. The fourth-order valence-corrected chi connectivity index (χ4v) is 5.57. The van der Waals surface area contributed by atoms with Gasteiger partial charge < -0.3 is 24.6 Å². The van der Waals surface area contributed by atoms with E-state index in [1.54, 1.807) is 32.4 Å². The predicted molar refractivity (Wildman–Crippen MR) is 148 cm³/mol. The van der Waals surface area contributed by atoms with Crippen LogP contribution in [0.4, 0.5) is 10.1 Å². The number of methoxy groups -OCH3 is 2. The quantitative estimate of drug-likeness (QED) is 0.492. The van der Waals surface area contributed by atoms with E-state index in [2.05, 4.69) is 29.4 Å². The van der Waals surface area contributed by atoms with Crippen molar-refractivity contribution in [1.29, 1.82) is 0 Å². The molecule has 1 spiro atoms. The zero-order valence-corrected chi connectivity index (χ0v) is 22.9. The third-order valence-corrected chi connectivity index (χ3v) is 8.11. The SMILES string of the molecule is CC[C@@H](C)[C@@H]1NC2(CCN(C(=S)Nc3ccccc3F)CC2)N(CCc2ccc(OC)c(OC)c2)C1=O. The molecule has 0 unspecified atom stereocenters. The summed E-state index contributed by atoms with van der Waals surface area (Å²) in [6.07, 6.45) is 3.10. The maximum atomic E-state index is 14.1. The fourth-order valence-electron chi connectivity index (χ4n) is 5.28. The highest BCUT2D eigenvalue weighted by Gasteiger charge is 2.52. The van der Waals surface area contributed by atoms with E-state index in [0.29, 0.717) is 48.4 Å². The first-order chi connectivity index (χ1) is 17.8. The Balaban J connectivity index is 1.47. The van der Waals surface area contributed by atoms with Gasteiger partial charge in [-0.3, -0.25) is 10.1 Å². The third kappa shape index (κ3) is 5.67. The molecule has 2 aliphatic rings. The lowest BCUT2D eigenvalue weighted by Crippen LogP contribution is -2.60. The number of piperidine rings is 1. The van der Waals surface area contributed by atoms with E-state index < -0.39 is 5.66 Å². The van der Waals surface area contributed by atoms with E-state index in [9.17, 15) is 9.18 Å². The van der Waals surface area contributed by atoms with Crippen LogP contribution in [0.25, 0.3) is 0 Å². The number of carbonyl (C=O) groups excluding carboxylic acids is 1. The smallest absolute Gasteiger partial charge is 0.241 e. The number of para-hydroxylation sites is 1. The van der Waals surface area contributed by atoms with Gasteiger partial charge in [-0.2, -0.15) is 0 Å². The summed E-state index contributed by atoms with van der Waals surface area (Å²) in [5, 5.41) is 7.27. The van der Waals surface area contributed by atoms with Gasteiger partial charge in [0, 0.05) is 32.5 Å². The molecular formula is C28H37FN4O3S. The number of nitrogens with one attached hydrogen (secondary N) is 2. The lowest BCUT2D eigenvalue weighted by atomic mass is 9.95. The summed E-state index contributed by atoms with van der Waals surface area (Å²) in [5.74, 6) is 1.43. The highest BCUT2D eigenvalue weighted by atomic mass is 32.1. The minimum Gasteiger partial charge on any atom is -0.493 e. The Labute approximate surface area is 224 Å². The molecule has 2 fully saturated rings. The van der Waals surface area contributed by atoms with Crippen LogP contribution in [0, 0.1) is 11.7 Å². The van der Waals surface area contributed by atoms with E-state index in [1.807, 2.05) is 23.1 Å². The molecule has 4 rings (SSSR count). The molecule has 0 bridgehead atoms. The highest BCUT2D eigenvalue weighted by Crippen LogP contribution is 2.36. The molecule has 1 amide bonds.